The molecular weight excluding hydrogens is 308 g/mol. The number of ether oxygens (including phenoxy) is 1. The summed E-state index contributed by atoms with van der Waals surface area (Å²) in [5, 5.41) is 0. The van der Waals surface area contributed by atoms with Crippen LogP contribution in [0.5, 0.6) is 5.75 Å². The van der Waals surface area contributed by atoms with Crippen LogP contribution in [0.1, 0.15) is 50.5 Å². The van der Waals surface area contributed by atoms with Gasteiger partial charge in [-0.2, -0.15) is 0 Å². The number of allylic oxidation sites excluding steroid dienone is 2. The maximum Gasteiger partial charge on any atom is 0.183 e. The van der Waals surface area contributed by atoms with Crippen LogP contribution < -0.4 is 16.2 Å². The Morgan fingerprint density at radius 3 is 2.08 bits per heavy atom. The summed E-state index contributed by atoms with van der Waals surface area (Å²) in [7, 11) is 0. The van der Waals surface area contributed by atoms with Crippen molar-refractivity contribution in [3.05, 3.63) is 53.8 Å². The molecule has 4 saturated carbocycles. The van der Waals surface area contributed by atoms with Crippen LogP contribution in [0.4, 0.5) is 0 Å². The molecule has 0 aromatic heterocycles. The van der Waals surface area contributed by atoms with Gasteiger partial charge < -0.3 is 10.5 Å². The molecule has 0 amide bonds. The van der Waals surface area contributed by atoms with Crippen LogP contribution in [0.15, 0.2) is 48.2 Å². The Morgan fingerprint density at radius 1 is 0.920 bits per heavy atom. The van der Waals surface area contributed by atoms with Crippen LogP contribution in [0.25, 0.3) is 0 Å². The second kappa shape index (κ2) is 5.38. The van der Waals surface area contributed by atoms with Gasteiger partial charge in [-0.1, -0.05) is 18.2 Å². The molecule has 1 aromatic carbocycles. The fourth-order valence-electron chi connectivity index (χ4n) is 6.40. The summed E-state index contributed by atoms with van der Waals surface area (Å²) in [6.45, 7) is 0. The lowest BCUT2D eigenvalue weighted by Gasteiger charge is -2.57. The predicted octanol–water partition coefficient (Wildman–Crippen LogP) is 3.99. The van der Waals surface area contributed by atoms with E-state index in [2.05, 4.69) is 24.3 Å². The molecule has 1 atom stereocenters. The number of rotatable bonds is 3. The minimum absolute atomic E-state index is 0.436. The van der Waals surface area contributed by atoms with Crippen LogP contribution in [-0.2, 0) is 5.41 Å². The normalized spacial score (nSPS) is 41.6. The average Bonchev–Trinajstić information content (AvgIpc) is 2.53. The van der Waals surface area contributed by atoms with Crippen LogP contribution in [0.2, 0.25) is 0 Å². The maximum absolute atomic E-state index is 6.34. The molecule has 6 rings (SSSR count). The number of nitrogens with two attached hydrogens (primary N) is 2. The number of hydrogen-bond donors (Lipinski definition) is 2. The summed E-state index contributed by atoms with van der Waals surface area (Å²) in [4.78, 5) is 0. The molecule has 5 aliphatic carbocycles. The molecule has 0 heterocycles. The third kappa shape index (κ3) is 2.69. The summed E-state index contributed by atoms with van der Waals surface area (Å²) >= 11 is 0. The van der Waals surface area contributed by atoms with Gasteiger partial charge >= 0.3 is 0 Å². The molecule has 0 aliphatic heterocycles. The first kappa shape index (κ1) is 15.5. The van der Waals surface area contributed by atoms with Gasteiger partial charge in [0, 0.05) is 12.1 Å². The van der Waals surface area contributed by atoms with Gasteiger partial charge in [0.25, 0.3) is 0 Å². The fourth-order valence-corrected chi connectivity index (χ4v) is 6.40. The van der Waals surface area contributed by atoms with E-state index < -0.39 is 5.72 Å². The van der Waals surface area contributed by atoms with Crippen molar-refractivity contribution in [3.63, 3.8) is 0 Å². The van der Waals surface area contributed by atoms with E-state index >= 15 is 0 Å². The quantitative estimate of drug-likeness (QED) is 0.821. The first-order valence-electron chi connectivity index (χ1n) is 9.74. The van der Waals surface area contributed by atoms with Gasteiger partial charge in [0.15, 0.2) is 5.72 Å². The van der Waals surface area contributed by atoms with E-state index in [-0.39, 0.29) is 0 Å². The van der Waals surface area contributed by atoms with Crippen molar-refractivity contribution in [2.45, 2.75) is 56.1 Å². The second-order valence-electron chi connectivity index (χ2n) is 9.06. The molecule has 4 bridgehead atoms. The topological polar surface area (TPSA) is 61.3 Å². The Morgan fingerprint density at radius 2 is 1.52 bits per heavy atom. The van der Waals surface area contributed by atoms with Crippen molar-refractivity contribution >= 4 is 0 Å². The van der Waals surface area contributed by atoms with Crippen molar-refractivity contribution < 1.29 is 4.74 Å². The molecule has 1 aromatic rings. The summed E-state index contributed by atoms with van der Waals surface area (Å²) < 4.78 is 6.06. The third-order valence-electron chi connectivity index (χ3n) is 6.98. The number of hydrogen-bond acceptors (Lipinski definition) is 3. The van der Waals surface area contributed by atoms with Gasteiger partial charge in [-0.15, -0.1) is 0 Å². The molecular formula is C22H28N2O. The maximum atomic E-state index is 6.34. The smallest absolute Gasteiger partial charge is 0.183 e. The zero-order valence-corrected chi connectivity index (χ0v) is 14.8. The van der Waals surface area contributed by atoms with Crippen LogP contribution in [0, 0.1) is 17.8 Å². The molecule has 0 saturated heterocycles. The monoisotopic (exact) mass is 336 g/mol. The zero-order valence-electron chi connectivity index (χ0n) is 14.8. The molecule has 3 nitrogen and oxygen atoms in total. The minimum atomic E-state index is -0.832. The van der Waals surface area contributed by atoms with Gasteiger partial charge in [0.1, 0.15) is 5.75 Å². The van der Waals surface area contributed by atoms with E-state index in [9.17, 15) is 0 Å². The Labute approximate surface area is 150 Å². The summed E-state index contributed by atoms with van der Waals surface area (Å²) in [5.41, 5.74) is 14.1. The van der Waals surface area contributed by atoms with E-state index in [1.165, 1.54) is 44.1 Å². The van der Waals surface area contributed by atoms with Gasteiger partial charge in [-0.3, -0.25) is 5.73 Å². The molecule has 5 aliphatic rings. The van der Waals surface area contributed by atoms with Gasteiger partial charge in [0.2, 0.25) is 0 Å². The highest BCUT2D eigenvalue weighted by molar-refractivity contribution is 5.36. The highest BCUT2D eigenvalue weighted by Gasteiger charge is 2.51. The Kier molecular flexibility index (Phi) is 3.34. The molecule has 0 radical (unpaired) electrons. The minimum Gasteiger partial charge on any atom is -0.469 e. The van der Waals surface area contributed by atoms with Crippen LogP contribution >= 0.6 is 0 Å². The number of benzene rings is 1. The lowest BCUT2D eigenvalue weighted by molar-refractivity contribution is -0.00522. The molecule has 25 heavy (non-hydrogen) atoms. The summed E-state index contributed by atoms with van der Waals surface area (Å²) in [6, 6.07) is 8.78. The molecule has 4 N–H and O–H groups in total. The van der Waals surface area contributed by atoms with Crippen LogP contribution in [-0.4, -0.2) is 5.72 Å². The Bertz CT molecular complexity index is 698. The van der Waals surface area contributed by atoms with Crippen molar-refractivity contribution in [3.8, 4) is 5.75 Å². The summed E-state index contributed by atoms with van der Waals surface area (Å²) in [5.74, 6) is 3.74. The van der Waals surface area contributed by atoms with Crippen molar-refractivity contribution in [1.82, 2.24) is 0 Å². The lowest BCUT2D eigenvalue weighted by atomic mass is 9.48. The van der Waals surface area contributed by atoms with Gasteiger partial charge in [-0.05, 0) is 91.5 Å². The molecule has 0 spiro atoms. The predicted molar refractivity (Wildman–Crippen MR) is 99.9 cm³/mol. The van der Waals surface area contributed by atoms with Gasteiger partial charge in [-0.25, -0.2) is 0 Å². The van der Waals surface area contributed by atoms with E-state index in [1.54, 1.807) is 0 Å². The highest BCUT2D eigenvalue weighted by atomic mass is 16.5. The zero-order chi connectivity index (χ0) is 17.1. The van der Waals surface area contributed by atoms with E-state index in [0.29, 0.717) is 11.8 Å². The fraction of sp³-hybridized carbons (Fsp3) is 0.545. The second-order valence-corrected chi connectivity index (χ2v) is 9.06. The van der Waals surface area contributed by atoms with E-state index in [0.717, 1.165) is 29.2 Å². The highest BCUT2D eigenvalue weighted by Crippen LogP contribution is 2.60. The first-order valence-corrected chi connectivity index (χ1v) is 9.74. The average molecular weight is 336 g/mol. The third-order valence-corrected chi connectivity index (χ3v) is 6.98. The Hall–Kier alpha value is -1.74. The standard InChI is InChI=1S/C22H28N2O/c23-19-2-1-7-22(24,14-19)25-20-5-3-18(4-6-20)21-11-15-8-16(12-21)10-17(9-15)13-21/h1-7,15-17H,8-14,23-24H2. The van der Waals surface area contributed by atoms with Crippen molar-refractivity contribution in [2.75, 3.05) is 0 Å². The van der Waals surface area contributed by atoms with Crippen molar-refractivity contribution in [2.24, 2.45) is 29.2 Å². The van der Waals surface area contributed by atoms with E-state index in [4.69, 9.17) is 16.2 Å². The SMILES string of the molecule is NC1=CC=CC(N)(Oc2ccc(C34CC5CC(CC(C5)C3)C4)cc2)C1. The molecule has 3 heteroatoms. The largest absolute Gasteiger partial charge is 0.469 e. The summed E-state index contributed by atoms with van der Waals surface area (Å²) in [6.07, 6.45) is 14.8. The lowest BCUT2D eigenvalue weighted by Crippen LogP contribution is -2.48. The molecule has 1 unspecified atom stereocenters. The van der Waals surface area contributed by atoms with E-state index in [1.807, 2.05) is 18.2 Å². The molecule has 132 valence electrons. The molecule has 4 fully saturated rings. The first-order chi connectivity index (χ1) is 12.0. The van der Waals surface area contributed by atoms with Crippen LogP contribution in [0.3, 0.4) is 0 Å². The van der Waals surface area contributed by atoms with Gasteiger partial charge in [0.05, 0.1) is 0 Å². The van der Waals surface area contributed by atoms with Crippen molar-refractivity contribution in [1.29, 1.82) is 0 Å². The Balaban J connectivity index is 1.36.